The van der Waals surface area contributed by atoms with Crippen LogP contribution >= 0.6 is 0 Å². The number of nitrogens with two attached hydrogens (primary N) is 1. The summed E-state index contributed by atoms with van der Waals surface area (Å²) in [5.74, 6) is -1.29. The van der Waals surface area contributed by atoms with E-state index in [-0.39, 0.29) is 30.5 Å². The van der Waals surface area contributed by atoms with Gasteiger partial charge in [0, 0.05) is 24.6 Å². The molecule has 84 valence electrons. The number of hydrogen-bond acceptors (Lipinski definition) is 3. The normalized spacial score (nSPS) is 20.2. The molecule has 1 heterocycles. The highest BCUT2D eigenvalue weighted by Crippen LogP contribution is 2.14. The Labute approximate surface area is 91.8 Å². The Morgan fingerprint density at radius 2 is 2.25 bits per heavy atom. The molecule has 0 spiro atoms. The molecule has 0 radical (unpaired) electrons. The lowest BCUT2D eigenvalue weighted by Gasteiger charge is -2.13. The average molecular weight is 222 g/mol. The number of carbonyl (C=O) groups is 2. The second kappa shape index (κ2) is 4.02. The molecule has 5 heteroatoms. The molecule has 1 fully saturated rings. The molecule has 2 amide bonds. The van der Waals surface area contributed by atoms with Crippen molar-refractivity contribution in [2.45, 2.75) is 12.5 Å². The lowest BCUT2D eigenvalue weighted by molar-refractivity contribution is -0.125. The second-order valence-corrected chi connectivity index (χ2v) is 3.78. The van der Waals surface area contributed by atoms with Crippen molar-refractivity contribution in [2.24, 2.45) is 5.73 Å². The van der Waals surface area contributed by atoms with Crippen LogP contribution in [0.3, 0.4) is 0 Å². The van der Waals surface area contributed by atoms with Crippen molar-refractivity contribution in [2.75, 3.05) is 6.54 Å². The van der Waals surface area contributed by atoms with Crippen LogP contribution in [0.5, 0.6) is 0 Å². The lowest BCUT2D eigenvalue weighted by atomic mass is 10.2. The third-order valence-corrected chi connectivity index (χ3v) is 2.47. The maximum absolute atomic E-state index is 12.9. The van der Waals surface area contributed by atoms with E-state index in [0.717, 1.165) is 11.0 Å². The van der Waals surface area contributed by atoms with Gasteiger partial charge in [-0.15, -0.1) is 0 Å². The van der Waals surface area contributed by atoms with Crippen molar-refractivity contribution in [1.82, 2.24) is 4.90 Å². The number of halogens is 1. The number of carbonyl (C=O) groups excluding carboxylic acids is 2. The van der Waals surface area contributed by atoms with E-state index in [1.54, 1.807) is 0 Å². The number of imide groups is 1. The Hall–Kier alpha value is -1.75. The molecule has 2 N–H and O–H groups in total. The highest BCUT2D eigenvalue weighted by molar-refractivity contribution is 6.05. The Kier molecular flexibility index (Phi) is 2.70. The summed E-state index contributed by atoms with van der Waals surface area (Å²) in [7, 11) is 0. The van der Waals surface area contributed by atoms with Gasteiger partial charge in [-0.05, 0) is 18.2 Å². The molecule has 0 bridgehead atoms. The molecule has 4 nitrogen and oxygen atoms in total. The van der Waals surface area contributed by atoms with Crippen molar-refractivity contribution >= 4 is 11.8 Å². The number of benzene rings is 1. The number of rotatable bonds is 1. The summed E-state index contributed by atoms with van der Waals surface area (Å²) in [6, 6.07) is 4.95. The highest BCUT2D eigenvalue weighted by Gasteiger charge is 2.32. The number of likely N-dealkylation sites (tertiary alicyclic amines) is 1. The van der Waals surface area contributed by atoms with Crippen LogP contribution in [-0.4, -0.2) is 29.3 Å². The van der Waals surface area contributed by atoms with Gasteiger partial charge in [0.2, 0.25) is 5.91 Å². The van der Waals surface area contributed by atoms with Gasteiger partial charge < -0.3 is 5.73 Å². The van der Waals surface area contributed by atoms with E-state index in [0.29, 0.717) is 0 Å². The Morgan fingerprint density at radius 1 is 1.50 bits per heavy atom. The zero-order valence-electron chi connectivity index (χ0n) is 8.52. The van der Waals surface area contributed by atoms with Crippen LogP contribution in [0.4, 0.5) is 4.39 Å². The van der Waals surface area contributed by atoms with E-state index in [1.165, 1.54) is 18.2 Å². The minimum Gasteiger partial charge on any atom is -0.326 e. The fourth-order valence-corrected chi connectivity index (χ4v) is 1.71. The first-order valence-corrected chi connectivity index (χ1v) is 4.94. The van der Waals surface area contributed by atoms with E-state index in [9.17, 15) is 14.0 Å². The van der Waals surface area contributed by atoms with Crippen LogP contribution in [0.2, 0.25) is 0 Å². The van der Waals surface area contributed by atoms with Crippen molar-refractivity contribution < 1.29 is 14.0 Å². The lowest BCUT2D eigenvalue weighted by Crippen LogP contribution is -2.34. The summed E-state index contributed by atoms with van der Waals surface area (Å²) in [6.45, 7) is 0.203. The predicted octanol–water partition coefficient (Wildman–Crippen LogP) is 0.525. The standard InChI is InChI=1S/C11H11FN2O2/c12-8-3-1-2-7(4-8)11(16)14-6-9(13)5-10(14)15/h1-4,9H,5-6,13H2. The predicted molar refractivity (Wildman–Crippen MR) is 55.0 cm³/mol. The van der Waals surface area contributed by atoms with Crippen molar-refractivity contribution in [3.05, 3.63) is 35.6 Å². The van der Waals surface area contributed by atoms with Crippen LogP contribution in [0, 0.1) is 5.82 Å². The van der Waals surface area contributed by atoms with Crippen molar-refractivity contribution in [3.63, 3.8) is 0 Å². The van der Waals surface area contributed by atoms with Crippen LogP contribution in [0.25, 0.3) is 0 Å². The molecule has 0 saturated carbocycles. The summed E-state index contributed by atoms with van der Waals surface area (Å²) >= 11 is 0. The van der Waals surface area contributed by atoms with Gasteiger partial charge in [-0.3, -0.25) is 14.5 Å². The molecule has 0 aliphatic carbocycles. The third kappa shape index (κ3) is 1.94. The van der Waals surface area contributed by atoms with E-state index in [2.05, 4.69) is 0 Å². The smallest absolute Gasteiger partial charge is 0.260 e. The highest BCUT2D eigenvalue weighted by atomic mass is 19.1. The first-order valence-electron chi connectivity index (χ1n) is 4.94. The molecule has 1 unspecified atom stereocenters. The zero-order chi connectivity index (χ0) is 11.7. The van der Waals surface area contributed by atoms with E-state index < -0.39 is 11.7 Å². The molecule has 2 rings (SSSR count). The van der Waals surface area contributed by atoms with Gasteiger partial charge in [-0.1, -0.05) is 6.07 Å². The van der Waals surface area contributed by atoms with Crippen LogP contribution < -0.4 is 5.73 Å². The summed E-state index contributed by atoms with van der Waals surface area (Å²) in [6.07, 6.45) is 0.168. The van der Waals surface area contributed by atoms with Crippen LogP contribution in [-0.2, 0) is 4.79 Å². The molecule has 1 aromatic carbocycles. The average Bonchev–Trinajstić information content (AvgIpc) is 2.57. The Balaban J connectivity index is 2.23. The monoisotopic (exact) mass is 222 g/mol. The van der Waals surface area contributed by atoms with Crippen LogP contribution in [0.1, 0.15) is 16.8 Å². The fraction of sp³-hybridized carbons (Fsp3) is 0.273. The summed E-state index contributed by atoms with van der Waals surface area (Å²) in [5.41, 5.74) is 5.74. The minimum absolute atomic E-state index is 0.168. The number of nitrogens with zero attached hydrogens (tertiary/aromatic N) is 1. The maximum atomic E-state index is 12.9. The van der Waals surface area contributed by atoms with E-state index in [1.807, 2.05) is 0 Å². The molecule has 1 atom stereocenters. The van der Waals surface area contributed by atoms with Gasteiger partial charge in [0.05, 0.1) is 0 Å². The minimum atomic E-state index is -0.498. The first-order chi connectivity index (χ1) is 7.58. The molecular formula is C11H11FN2O2. The molecular weight excluding hydrogens is 211 g/mol. The van der Waals surface area contributed by atoms with Gasteiger partial charge in [0.15, 0.2) is 0 Å². The first kappa shape index (κ1) is 10.8. The summed E-state index contributed by atoms with van der Waals surface area (Å²) < 4.78 is 12.9. The van der Waals surface area contributed by atoms with Gasteiger partial charge in [-0.2, -0.15) is 0 Å². The SMILES string of the molecule is NC1CC(=O)N(C(=O)c2cccc(F)c2)C1. The van der Waals surface area contributed by atoms with Crippen LogP contribution in [0.15, 0.2) is 24.3 Å². The number of hydrogen-bond donors (Lipinski definition) is 1. The molecule has 16 heavy (non-hydrogen) atoms. The third-order valence-electron chi connectivity index (χ3n) is 2.47. The molecule has 0 aromatic heterocycles. The molecule has 1 aromatic rings. The van der Waals surface area contributed by atoms with Crippen molar-refractivity contribution in [1.29, 1.82) is 0 Å². The van der Waals surface area contributed by atoms with Crippen molar-refractivity contribution in [3.8, 4) is 0 Å². The molecule has 1 aliphatic rings. The Morgan fingerprint density at radius 3 is 2.81 bits per heavy atom. The van der Waals surface area contributed by atoms with Gasteiger partial charge in [0.25, 0.3) is 5.91 Å². The zero-order valence-corrected chi connectivity index (χ0v) is 8.52. The van der Waals surface area contributed by atoms with E-state index >= 15 is 0 Å². The van der Waals surface area contributed by atoms with Gasteiger partial charge >= 0.3 is 0 Å². The topological polar surface area (TPSA) is 63.4 Å². The summed E-state index contributed by atoms with van der Waals surface area (Å²) in [4.78, 5) is 24.3. The van der Waals surface area contributed by atoms with Gasteiger partial charge in [-0.25, -0.2) is 4.39 Å². The maximum Gasteiger partial charge on any atom is 0.260 e. The number of amides is 2. The molecule has 1 aliphatic heterocycles. The second-order valence-electron chi connectivity index (χ2n) is 3.78. The quantitative estimate of drug-likeness (QED) is 0.705. The van der Waals surface area contributed by atoms with Gasteiger partial charge in [0.1, 0.15) is 5.82 Å². The molecule has 1 saturated heterocycles. The fourth-order valence-electron chi connectivity index (χ4n) is 1.71. The summed E-state index contributed by atoms with van der Waals surface area (Å²) in [5, 5.41) is 0. The largest absolute Gasteiger partial charge is 0.326 e. The Bertz CT molecular complexity index is 447. The van der Waals surface area contributed by atoms with E-state index in [4.69, 9.17) is 5.73 Å².